The van der Waals surface area contributed by atoms with Crippen LogP contribution >= 0.6 is 11.3 Å². The van der Waals surface area contributed by atoms with Crippen molar-refractivity contribution in [1.29, 1.82) is 0 Å². The highest BCUT2D eigenvalue weighted by Crippen LogP contribution is 2.24. The zero-order valence-electron chi connectivity index (χ0n) is 11.9. The highest BCUT2D eigenvalue weighted by molar-refractivity contribution is 7.91. The van der Waals surface area contributed by atoms with E-state index in [-0.39, 0.29) is 29.8 Å². The van der Waals surface area contributed by atoms with Gasteiger partial charge in [-0.15, -0.1) is 11.3 Å². The average Bonchev–Trinajstić information content (AvgIpc) is 3.09. The fourth-order valence-corrected chi connectivity index (χ4v) is 5.08. The summed E-state index contributed by atoms with van der Waals surface area (Å²) in [6.45, 7) is 0. The Morgan fingerprint density at radius 1 is 1.32 bits per heavy atom. The van der Waals surface area contributed by atoms with Gasteiger partial charge in [0, 0.05) is 29.2 Å². The van der Waals surface area contributed by atoms with Crippen LogP contribution in [0.15, 0.2) is 35.8 Å². The van der Waals surface area contributed by atoms with Crippen molar-refractivity contribution >= 4 is 32.8 Å². The lowest BCUT2D eigenvalue weighted by Gasteiger charge is -2.09. The van der Waals surface area contributed by atoms with Gasteiger partial charge in [-0.05, 0) is 36.6 Å². The minimum Gasteiger partial charge on any atom is -0.326 e. The molecule has 7 heteroatoms. The van der Waals surface area contributed by atoms with E-state index in [0.717, 1.165) is 10.6 Å². The van der Waals surface area contributed by atoms with Crippen molar-refractivity contribution in [1.82, 2.24) is 4.98 Å². The van der Waals surface area contributed by atoms with Gasteiger partial charge in [0.2, 0.25) is 5.91 Å². The van der Waals surface area contributed by atoms with Crippen LogP contribution < -0.4 is 5.32 Å². The Kier molecular flexibility index (Phi) is 4.26. The van der Waals surface area contributed by atoms with Crippen molar-refractivity contribution in [2.75, 3.05) is 16.8 Å². The molecule has 1 aliphatic rings. The molecule has 0 radical (unpaired) electrons. The summed E-state index contributed by atoms with van der Waals surface area (Å²) in [6.07, 6.45) is 2.59. The lowest BCUT2D eigenvalue weighted by Crippen LogP contribution is -2.17. The largest absolute Gasteiger partial charge is 0.326 e. The van der Waals surface area contributed by atoms with Crippen LogP contribution in [0.1, 0.15) is 12.8 Å². The molecular weight excluding hydrogens is 320 g/mol. The van der Waals surface area contributed by atoms with Gasteiger partial charge >= 0.3 is 0 Å². The maximum absolute atomic E-state index is 12.0. The number of rotatable bonds is 4. The van der Waals surface area contributed by atoms with E-state index in [1.165, 1.54) is 0 Å². The first kappa shape index (κ1) is 15.2. The van der Waals surface area contributed by atoms with E-state index in [2.05, 4.69) is 10.3 Å². The lowest BCUT2D eigenvalue weighted by atomic mass is 10.0. The molecule has 1 aliphatic heterocycles. The number of thiazole rings is 1. The summed E-state index contributed by atoms with van der Waals surface area (Å²) in [4.78, 5) is 16.2. The lowest BCUT2D eigenvalue weighted by molar-refractivity contribution is -0.116. The van der Waals surface area contributed by atoms with Crippen molar-refractivity contribution in [2.45, 2.75) is 12.8 Å². The summed E-state index contributed by atoms with van der Waals surface area (Å²) in [5.74, 6) is 0.139. The van der Waals surface area contributed by atoms with Gasteiger partial charge in [-0.25, -0.2) is 13.4 Å². The van der Waals surface area contributed by atoms with Crippen molar-refractivity contribution in [3.63, 3.8) is 0 Å². The Balaban J connectivity index is 1.58. The minimum absolute atomic E-state index is 0.0559. The normalized spacial score (nSPS) is 19.9. The van der Waals surface area contributed by atoms with E-state index >= 15 is 0 Å². The van der Waals surface area contributed by atoms with Crippen molar-refractivity contribution in [3.05, 3.63) is 35.8 Å². The number of carbonyl (C=O) groups excluding carboxylic acids is 1. The van der Waals surface area contributed by atoms with Gasteiger partial charge in [0.1, 0.15) is 5.01 Å². The highest BCUT2D eigenvalue weighted by atomic mass is 32.2. The van der Waals surface area contributed by atoms with Crippen LogP contribution in [0.3, 0.4) is 0 Å². The molecular formula is C15H16N2O3S2. The van der Waals surface area contributed by atoms with Crippen LogP contribution in [0, 0.1) is 5.92 Å². The number of aromatic nitrogens is 1. The smallest absolute Gasteiger partial charge is 0.224 e. The van der Waals surface area contributed by atoms with E-state index in [1.54, 1.807) is 17.5 Å². The first-order valence-electron chi connectivity index (χ1n) is 7.02. The number of carbonyl (C=O) groups is 1. The summed E-state index contributed by atoms with van der Waals surface area (Å²) in [5, 5.41) is 5.67. The molecule has 0 unspecified atom stereocenters. The van der Waals surface area contributed by atoms with Gasteiger partial charge in [-0.2, -0.15) is 0 Å². The zero-order chi connectivity index (χ0) is 15.6. The number of anilines is 1. The van der Waals surface area contributed by atoms with E-state index in [0.29, 0.717) is 12.1 Å². The van der Waals surface area contributed by atoms with Crippen LogP contribution in [-0.2, 0) is 14.6 Å². The number of hydrogen-bond acceptors (Lipinski definition) is 5. The number of nitrogens with zero attached hydrogens (tertiary/aromatic N) is 1. The molecule has 1 aromatic heterocycles. The number of amides is 1. The Labute approximate surface area is 133 Å². The molecule has 116 valence electrons. The summed E-state index contributed by atoms with van der Waals surface area (Å²) in [6, 6.07) is 7.49. The third-order valence-electron chi connectivity index (χ3n) is 3.65. The Morgan fingerprint density at radius 2 is 2.09 bits per heavy atom. The van der Waals surface area contributed by atoms with Gasteiger partial charge in [0.15, 0.2) is 9.84 Å². The third-order valence-corrected chi connectivity index (χ3v) is 6.31. The maximum atomic E-state index is 12.0. The fraction of sp³-hybridized carbons (Fsp3) is 0.333. The monoisotopic (exact) mass is 336 g/mol. The van der Waals surface area contributed by atoms with Gasteiger partial charge < -0.3 is 5.32 Å². The SMILES string of the molecule is O=C(C[C@H]1CCS(=O)(=O)C1)Nc1ccc(-c2nccs2)cc1. The second-order valence-corrected chi connectivity index (χ2v) is 8.56. The van der Waals surface area contributed by atoms with E-state index < -0.39 is 9.84 Å². The third kappa shape index (κ3) is 3.72. The Morgan fingerprint density at radius 3 is 2.68 bits per heavy atom. The molecule has 0 spiro atoms. The Hall–Kier alpha value is -1.73. The first-order chi connectivity index (χ1) is 10.5. The van der Waals surface area contributed by atoms with Gasteiger partial charge in [0.25, 0.3) is 0 Å². The van der Waals surface area contributed by atoms with Crippen molar-refractivity contribution in [3.8, 4) is 10.6 Å². The molecule has 1 atom stereocenters. The van der Waals surface area contributed by atoms with Crippen molar-refractivity contribution in [2.24, 2.45) is 5.92 Å². The number of nitrogens with one attached hydrogen (secondary N) is 1. The van der Waals surface area contributed by atoms with Crippen molar-refractivity contribution < 1.29 is 13.2 Å². The molecule has 5 nitrogen and oxygen atoms in total. The molecule has 0 bridgehead atoms. The molecule has 1 aromatic carbocycles. The van der Waals surface area contributed by atoms with Crippen LogP contribution in [0.2, 0.25) is 0 Å². The molecule has 22 heavy (non-hydrogen) atoms. The molecule has 1 amide bonds. The summed E-state index contributed by atoms with van der Waals surface area (Å²) in [7, 11) is -2.93. The molecule has 1 fully saturated rings. The molecule has 2 heterocycles. The van der Waals surface area contributed by atoms with E-state index in [1.807, 2.05) is 29.6 Å². The average molecular weight is 336 g/mol. The van der Waals surface area contributed by atoms with Gasteiger partial charge in [-0.1, -0.05) is 0 Å². The molecule has 1 saturated heterocycles. The maximum Gasteiger partial charge on any atom is 0.224 e. The zero-order valence-corrected chi connectivity index (χ0v) is 13.5. The predicted molar refractivity (Wildman–Crippen MR) is 87.6 cm³/mol. The number of sulfone groups is 1. The van der Waals surface area contributed by atoms with Crippen LogP contribution in [-0.4, -0.2) is 30.8 Å². The minimum atomic E-state index is -2.93. The van der Waals surface area contributed by atoms with Crippen LogP contribution in [0.5, 0.6) is 0 Å². The second kappa shape index (κ2) is 6.18. The quantitative estimate of drug-likeness (QED) is 0.931. The second-order valence-electron chi connectivity index (χ2n) is 5.44. The number of hydrogen-bond donors (Lipinski definition) is 1. The van der Waals surface area contributed by atoms with Gasteiger partial charge in [-0.3, -0.25) is 4.79 Å². The number of benzene rings is 1. The first-order valence-corrected chi connectivity index (χ1v) is 9.72. The van der Waals surface area contributed by atoms with E-state index in [9.17, 15) is 13.2 Å². The fourth-order valence-electron chi connectivity index (χ4n) is 2.57. The van der Waals surface area contributed by atoms with Crippen LogP contribution in [0.25, 0.3) is 10.6 Å². The molecule has 1 N–H and O–H groups in total. The highest BCUT2D eigenvalue weighted by Gasteiger charge is 2.29. The summed E-state index contributed by atoms with van der Waals surface area (Å²) in [5.41, 5.74) is 1.72. The Bertz CT molecular complexity index is 753. The topological polar surface area (TPSA) is 76.1 Å². The molecule has 3 rings (SSSR count). The molecule has 2 aromatic rings. The van der Waals surface area contributed by atoms with Gasteiger partial charge in [0.05, 0.1) is 11.5 Å². The summed E-state index contributed by atoms with van der Waals surface area (Å²) >= 11 is 1.56. The molecule has 0 aliphatic carbocycles. The van der Waals surface area contributed by atoms with Crippen LogP contribution in [0.4, 0.5) is 5.69 Å². The molecule has 0 saturated carbocycles. The summed E-state index contributed by atoms with van der Waals surface area (Å²) < 4.78 is 22.8. The standard InChI is InChI=1S/C15H16N2O3S2/c18-14(9-11-5-8-22(19,20)10-11)17-13-3-1-12(2-4-13)15-16-6-7-21-15/h1-4,6-7,11H,5,8-10H2,(H,17,18)/t11-/m1/s1. The van der Waals surface area contributed by atoms with E-state index in [4.69, 9.17) is 0 Å². The predicted octanol–water partition coefficient (Wildman–Crippen LogP) is 2.57.